The van der Waals surface area contributed by atoms with E-state index >= 15 is 0 Å². The molecule has 142 valence electrons. The molecule has 0 aliphatic heterocycles. The number of amides is 1. The van der Waals surface area contributed by atoms with Gasteiger partial charge in [0.25, 0.3) is 0 Å². The lowest BCUT2D eigenvalue weighted by Gasteiger charge is -2.12. The molecule has 0 heterocycles. The number of anilines is 1. The number of hydrogen-bond donors (Lipinski definition) is 2. The minimum atomic E-state index is -0.896. The van der Waals surface area contributed by atoms with Crippen LogP contribution in [-0.4, -0.2) is 17.0 Å². The molecule has 0 saturated heterocycles. The fourth-order valence-corrected chi connectivity index (χ4v) is 2.88. The lowest BCUT2D eigenvalue weighted by molar-refractivity contribution is -0.136. The number of rotatable bonds is 7. The van der Waals surface area contributed by atoms with Crippen LogP contribution in [0.4, 0.5) is 5.69 Å². The third-order valence-electron chi connectivity index (χ3n) is 4.11. The van der Waals surface area contributed by atoms with E-state index < -0.39 is 5.97 Å². The second-order valence-corrected chi connectivity index (χ2v) is 6.47. The monoisotopic (exact) mass is 375 g/mol. The number of benzene rings is 3. The maximum absolute atomic E-state index is 11.2. The molecule has 3 aromatic carbocycles. The first-order valence-corrected chi connectivity index (χ1v) is 8.90. The Morgan fingerprint density at radius 2 is 1.61 bits per heavy atom. The van der Waals surface area contributed by atoms with Gasteiger partial charge in [0.1, 0.15) is 12.4 Å². The predicted octanol–water partition coefficient (Wildman–Crippen LogP) is 4.52. The molecular weight excluding hydrogens is 354 g/mol. The van der Waals surface area contributed by atoms with Crippen molar-refractivity contribution in [3.8, 4) is 16.9 Å². The van der Waals surface area contributed by atoms with Crippen LogP contribution >= 0.6 is 0 Å². The van der Waals surface area contributed by atoms with Crippen molar-refractivity contribution < 1.29 is 19.4 Å². The molecule has 0 aromatic heterocycles. The number of hydrogen-bond acceptors (Lipinski definition) is 3. The Labute approximate surface area is 163 Å². The summed E-state index contributed by atoms with van der Waals surface area (Å²) in [5, 5.41) is 11.9. The Hall–Kier alpha value is -3.60. The summed E-state index contributed by atoms with van der Waals surface area (Å²) in [6.45, 7) is 1.86. The first kappa shape index (κ1) is 19.2. The zero-order valence-corrected chi connectivity index (χ0v) is 15.5. The lowest BCUT2D eigenvalue weighted by atomic mass is 10.0. The molecule has 3 rings (SSSR count). The first-order chi connectivity index (χ1) is 13.5. The van der Waals surface area contributed by atoms with Crippen LogP contribution in [0, 0.1) is 0 Å². The standard InChI is InChI=1S/C23H21NO4/c1-16(25)24-21-9-7-19(8-10-21)20-11-18(13-23(26)27)12-22(14-20)28-15-17-5-3-2-4-6-17/h2-12,14H,13,15H2,1H3,(H,24,25)(H,26,27). The van der Waals surface area contributed by atoms with Gasteiger partial charge >= 0.3 is 5.97 Å². The zero-order valence-electron chi connectivity index (χ0n) is 15.5. The predicted molar refractivity (Wildman–Crippen MR) is 108 cm³/mol. The average Bonchev–Trinajstić information content (AvgIpc) is 2.67. The lowest BCUT2D eigenvalue weighted by Crippen LogP contribution is -2.05. The van der Waals surface area contributed by atoms with E-state index in [9.17, 15) is 9.59 Å². The SMILES string of the molecule is CC(=O)Nc1ccc(-c2cc(CC(=O)O)cc(OCc3ccccc3)c2)cc1. The summed E-state index contributed by atoms with van der Waals surface area (Å²) in [6, 6.07) is 22.7. The summed E-state index contributed by atoms with van der Waals surface area (Å²) in [5.41, 5.74) is 4.17. The molecule has 0 aliphatic rings. The fraction of sp³-hybridized carbons (Fsp3) is 0.130. The summed E-state index contributed by atoms with van der Waals surface area (Å²) in [7, 11) is 0. The van der Waals surface area contributed by atoms with Crippen LogP contribution in [0.5, 0.6) is 5.75 Å². The highest BCUT2D eigenvalue weighted by atomic mass is 16.5. The van der Waals surface area contributed by atoms with Gasteiger partial charge in [-0.3, -0.25) is 9.59 Å². The summed E-state index contributed by atoms with van der Waals surface area (Å²) < 4.78 is 5.90. The number of carbonyl (C=O) groups excluding carboxylic acids is 1. The number of carboxylic acid groups (broad SMARTS) is 1. The van der Waals surface area contributed by atoms with Crippen LogP contribution in [0.1, 0.15) is 18.1 Å². The third kappa shape index (κ3) is 5.45. The van der Waals surface area contributed by atoms with Crippen molar-refractivity contribution in [1.82, 2.24) is 0 Å². The Morgan fingerprint density at radius 1 is 0.893 bits per heavy atom. The van der Waals surface area contributed by atoms with Gasteiger partial charge in [0.15, 0.2) is 0 Å². The van der Waals surface area contributed by atoms with Gasteiger partial charge in [-0.15, -0.1) is 0 Å². The van der Waals surface area contributed by atoms with E-state index in [0.717, 1.165) is 16.7 Å². The summed E-state index contributed by atoms with van der Waals surface area (Å²) in [4.78, 5) is 22.3. The van der Waals surface area contributed by atoms with Crippen molar-refractivity contribution in [3.05, 3.63) is 83.9 Å². The number of nitrogens with one attached hydrogen (secondary N) is 1. The molecule has 0 saturated carbocycles. The van der Waals surface area contributed by atoms with E-state index in [-0.39, 0.29) is 12.3 Å². The topological polar surface area (TPSA) is 75.6 Å². The van der Waals surface area contributed by atoms with Crippen molar-refractivity contribution in [1.29, 1.82) is 0 Å². The third-order valence-corrected chi connectivity index (χ3v) is 4.11. The Morgan fingerprint density at radius 3 is 2.25 bits per heavy atom. The van der Waals surface area contributed by atoms with Crippen LogP contribution in [0.15, 0.2) is 72.8 Å². The van der Waals surface area contributed by atoms with Crippen molar-refractivity contribution in [2.45, 2.75) is 20.0 Å². The van der Waals surface area contributed by atoms with Gasteiger partial charge in [-0.1, -0.05) is 48.5 Å². The number of ether oxygens (including phenoxy) is 1. The fourth-order valence-electron chi connectivity index (χ4n) is 2.88. The molecule has 2 N–H and O–H groups in total. The Bertz CT molecular complexity index is 966. The van der Waals surface area contributed by atoms with Crippen molar-refractivity contribution >= 4 is 17.6 Å². The molecule has 0 fully saturated rings. The van der Waals surface area contributed by atoms with Crippen LogP contribution in [0.25, 0.3) is 11.1 Å². The van der Waals surface area contributed by atoms with Crippen molar-refractivity contribution in [2.75, 3.05) is 5.32 Å². The highest BCUT2D eigenvalue weighted by Crippen LogP contribution is 2.28. The molecule has 0 unspecified atom stereocenters. The van der Waals surface area contributed by atoms with E-state index in [4.69, 9.17) is 9.84 Å². The Kier molecular flexibility index (Phi) is 6.07. The van der Waals surface area contributed by atoms with Crippen LogP contribution < -0.4 is 10.1 Å². The van der Waals surface area contributed by atoms with Crippen molar-refractivity contribution in [3.63, 3.8) is 0 Å². The maximum Gasteiger partial charge on any atom is 0.307 e. The summed E-state index contributed by atoms with van der Waals surface area (Å²) >= 11 is 0. The van der Waals surface area contributed by atoms with Crippen molar-refractivity contribution in [2.24, 2.45) is 0 Å². The molecule has 0 aliphatic carbocycles. The molecule has 0 atom stereocenters. The van der Waals surface area contributed by atoms with E-state index in [2.05, 4.69) is 5.32 Å². The van der Waals surface area contributed by atoms with Gasteiger partial charge in [-0.05, 0) is 46.5 Å². The van der Waals surface area contributed by atoms with E-state index in [1.807, 2.05) is 66.7 Å². The number of aliphatic carboxylic acids is 1. The van der Waals surface area contributed by atoms with E-state index in [0.29, 0.717) is 23.6 Å². The molecule has 0 spiro atoms. The van der Waals surface area contributed by atoms with Crippen LogP contribution in [-0.2, 0) is 22.6 Å². The minimum Gasteiger partial charge on any atom is -0.489 e. The molecule has 5 heteroatoms. The zero-order chi connectivity index (χ0) is 19.9. The highest BCUT2D eigenvalue weighted by Gasteiger charge is 2.08. The summed E-state index contributed by atoms with van der Waals surface area (Å²) in [6.07, 6.45) is -0.0838. The molecule has 0 bridgehead atoms. The first-order valence-electron chi connectivity index (χ1n) is 8.90. The van der Waals surface area contributed by atoms with E-state index in [1.165, 1.54) is 6.92 Å². The molecule has 1 amide bonds. The molecule has 0 radical (unpaired) electrons. The second kappa shape index (κ2) is 8.86. The van der Waals surface area contributed by atoms with Gasteiger partial charge in [0.05, 0.1) is 6.42 Å². The van der Waals surface area contributed by atoms with Gasteiger partial charge in [-0.2, -0.15) is 0 Å². The van der Waals surface area contributed by atoms with Gasteiger partial charge < -0.3 is 15.2 Å². The van der Waals surface area contributed by atoms with E-state index in [1.54, 1.807) is 6.07 Å². The second-order valence-electron chi connectivity index (χ2n) is 6.47. The summed E-state index contributed by atoms with van der Waals surface area (Å²) in [5.74, 6) is -0.413. The average molecular weight is 375 g/mol. The van der Waals surface area contributed by atoms with Gasteiger partial charge in [0, 0.05) is 12.6 Å². The van der Waals surface area contributed by atoms with Crippen LogP contribution in [0.2, 0.25) is 0 Å². The molecule has 5 nitrogen and oxygen atoms in total. The Balaban J connectivity index is 1.86. The van der Waals surface area contributed by atoms with Gasteiger partial charge in [-0.25, -0.2) is 0 Å². The molecular formula is C23H21NO4. The largest absolute Gasteiger partial charge is 0.489 e. The normalized spacial score (nSPS) is 10.3. The quantitative estimate of drug-likeness (QED) is 0.637. The van der Waals surface area contributed by atoms with Gasteiger partial charge in [0.2, 0.25) is 5.91 Å². The molecule has 28 heavy (non-hydrogen) atoms. The maximum atomic E-state index is 11.2. The smallest absolute Gasteiger partial charge is 0.307 e. The number of carbonyl (C=O) groups is 2. The molecule has 3 aromatic rings. The number of carboxylic acids is 1. The highest BCUT2D eigenvalue weighted by molar-refractivity contribution is 5.89. The van der Waals surface area contributed by atoms with Crippen LogP contribution in [0.3, 0.4) is 0 Å². The minimum absolute atomic E-state index is 0.0838.